The zero-order valence-electron chi connectivity index (χ0n) is 14.2. The van der Waals surface area contributed by atoms with Crippen LogP contribution in [0, 0.1) is 0 Å². The summed E-state index contributed by atoms with van der Waals surface area (Å²) in [5, 5.41) is 4.12. The van der Waals surface area contributed by atoms with Gasteiger partial charge in [-0.25, -0.2) is 4.79 Å². The van der Waals surface area contributed by atoms with Crippen LogP contribution in [-0.2, 0) is 4.74 Å². The van der Waals surface area contributed by atoms with Gasteiger partial charge in [-0.15, -0.1) is 11.3 Å². The number of benzene rings is 2. The Bertz CT molecular complexity index is 929. The molecule has 0 radical (unpaired) electrons. The summed E-state index contributed by atoms with van der Waals surface area (Å²) in [6.45, 7) is 0. The van der Waals surface area contributed by atoms with Crippen LogP contribution in [0.3, 0.4) is 0 Å². The standard InChI is InChI=1S/C19H18N2O3S/c1-21(2)13-10-8-12(9-11-13)17(22)20-18-16(19(23)24-3)14-6-4-5-7-15(14)25-18/h4-11H,1-3H3,(H,20,22). The van der Waals surface area contributed by atoms with E-state index in [0.29, 0.717) is 16.1 Å². The molecule has 0 saturated heterocycles. The Hall–Kier alpha value is -2.86. The van der Waals surface area contributed by atoms with E-state index in [1.54, 1.807) is 12.1 Å². The number of ether oxygens (including phenoxy) is 1. The summed E-state index contributed by atoms with van der Waals surface area (Å²) in [4.78, 5) is 26.7. The molecule has 0 atom stereocenters. The van der Waals surface area contributed by atoms with Gasteiger partial charge in [0.1, 0.15) is 10.6 Å². The van der Waals surface area contributed by atoms with Crippen molar-refractivity contribution in [2.24, 2.45) is 0 Å². The zero-order valence-corrected chi connectivity index (χ0v) is 15.0. The Kier molecular flexibility index (Phi) is 4.72. The fraction of sp³-hybridized carbons (Fsp3) is 0.158. The third kappa shape index (κ3) is 3.34. The molecule has 3 aromatic rings. The van der Waals surface area contributed by atoms with E-state index in [4.69, 9.17) is 4.74 Å². The van der Waals surface area contributed by atoms with Crippen molar-refractivity contribution >= 4 is 44.0 Å². The summed E-state index contributed by atoms with van der Waals surface area (Å²) in [5.41, 5.74) is 1.92. The number of fused-ring (bicyclic) bond motifs is 1. The van der Waals surface area contributed by atoms with E-state index in [1.165, 1.54) is 18.4 Å². The minimum absolute atomic E-state index is 0.262. The smallest absolute Gasteiger partial charge is 0.341 e. The van der Waals surface area contributed by atoms with Crippen LogP contribution in [-0.4, -0.2) is 33.1 Å². The number of carbonyl (C=O) groups is 2. The van der Waals surface area contributed by atoms with E-state index in [0.717, 1.165) is 15.8 Å². The summed E-state index contributed by atoms with van der Waals surface area (Å²) in [6.07, 6.45) is 0. The van der Waals surface area contributed by atoms with E-state index in [9.17, 15) is 9.59 Å². The van der Waals surface area contributed by atoms with Gasteiger partial charge in [-0.1, -0.05) is 18.2 Å². The van der Waals surface area contributed by atoms with Gasteiger partial charge in [0.2, 0.25) is 0 Å². The van der Waals surface area contributed by atoms with Crippen LogP contribution in [0.25, 0.3) is 10.1 Å². The zero-order chi connectivity index (χ0) is 18.0. The van der Waals surface area contributed by atoms with Crippen molar-refractivity contribution in [3.05, 3.63) is 59.7 Å². The lowest BCUT2D eigenvalue weighted by Crippen LogP contribution is -2.14. The second-order valence-electron chi connectivity index (χ2n) is 5.69. The van der Waals surface area contributed by atoms with Gasteiger partial charge in [0.25, 0.3) is 5.91 Å². The number of rotatable bonds is 4. The first-order valence-electron chi connectivity index (χ1n) is 7.70. The van der Waals surface area contributed by atoms with Crippen molar-refractivity contribution in [2.45, 2.75) is 0 Å². The van der Waals surface area contributed by atoms with Crippen LogP contribution < -0.4 is 10.2 Å². The van der Waals surface area contributed by atoms with Crippen LogP contribution in [0.1, 0.15) is 20.7 Å². The van der Waals surface area contributed by atoms with Crippen molar-refractivity contribution in [3.63, 3.8) is 0 Å². The maximum absolute atomic E-state index is 12.6. The van der Waals surface area contributed by atoms with Crippen molar-refractivity contribution in [1.82, 2.24) is 0 Å². The fourth-order valence-electron chi connectivity index (χ4n) is 2.52. The number of esters is 1. The highest BCUT2D eigenvalue weighted by Gasteiger charge is 2.21. The Morgan fingerprint density at radius 2 is 1.72 bits per heavy atom. The molecule has 0 saturated carbocycles. The highest BCUT2D eigenvalue weighted by molar-refractivity contribution is 7.23. The molecule has 2 aromatic carbocycles. The first kappa shape index (κ1) is 17.0. The molecule has 128 valence electrons. The second kappa shape index (κ2) is 6.94. The first-order chi connectivity index (χ1) is 12.0. The number of hydrogen-bond donors (Lipinski definition) is 1. The number of hydrogen-bond acceptors (Lipinski definition) is 5. The summed E-state index contributed by atoms with van der Waals surface area (Å²) in [6, 6.07) is 14.8. The molecule has 0 bridgehead atoms. The molecule has 0 fully saturated rings. The summed E-state index contributed by atoms with van der Waals surface area (Å²) < 4.78 is 5.80. The number of carbonyl (C=O) groups excluding carboxylic acids is 2. The predicted octanol–water partition coefficient (Wildman–Crippen LogP) is 4.01. The molecule has 1 N–H and O–H groups in total. The van der Waals surface area contributed by atoms with Crippen LogP contribution in [0.4, 0.5) is 10.7 Å². The van der Waals surface area contributed by atoms with Gasteiger partial charge in [0, 0.05) is 35.4 Å². The molecule has 6 heteroatoms. The van der Waals surface area contributed by atoms with Gasteiger partial charge in [0.05, 0.1) is 7.11 Å². The lowest BCUT2D eigenvalue weighted by atomic mass is 10.1. The monoisotopic (exact) mass is 354 g/mol. The van der Waals surface area contributed by atoms with Crippen LogP contribution >= 0.6 is 11.3 Å². The van der Waals surface area contributed by atoms with Gasteiger partial charge in [-0.05, 0) is 30.3 Å². The summed E-state index contributed by atoms with van der Waals surface area (Å²) >= 11 is 1.36. The number of methoxy groups -OCH3 is 1. The molecule has 0 aliphatic carbocycles. The molecule has 0 unspecified atom stereocenters. The third-order valence-electron chi connectivity index (χ3n) is 3.86. The normalized spacial score (nSPS) is 10.5. The van der Waals surface area contributed by atoms with Gasteiger partial charge in [-0.3, -0.25) is 4.79 Å². The molecule has 0 aliphatic heterocycles. The second-order valence-corrected chi connectivity index (χ2v) is 6.74. The molecule has 5 nitrogen and oxygen atoms in total. The van der Waals surface area contributed by atoms with E-state index >= 15 is 0 Å². The quantitative estimate of drug-likeness (QED) is 0.719. The van der Waals surface area contributed by atoms with Crippen LogP contribution in [0.2, 0.25) is 0 Å². The lowest BCUT2D eigenvalue weighted by Gasteiger charge is -2.12. The Morgan fingerprint density at radius 1 is 1.04 bits per heavy atom. The highest BCUT2D eigenvalue weighted by atomic mass is 32.1. The number of nitrogens with one attached hydrogen (secondary N) is 1. The van der Waals surface area contributed by atoms with E-state index in [2.05, 4.69) is 5.32 Å². The Morgan fingerprint density at radius 3 is 2.36 bits per heavy atom. The van der Waals surface area contributed by atoms with Gasteiger partial charge in [0.15, 0.2) is 0 Å². The number of anilines is 2. The van der Waals surface area contributed by atoms with Crippen molar-refractivity contribution in [1.29, 1.82) is 0 Å². The predicted molar refractivity (Wildman–Crippen MR) is 102 cm³/mol. The Balaban J connectivity index is 1.94. The van der Waals surface area contributed by atoms with E-state index < -0.39 is 5.97 Å². The molecular weight excluding hydrogens is 336 g/mol. The Labute approximate surface area is 149 Å². The minimum atomic E-state index is -0.462. The number of thiophene rings is 1. The molecular formula is C19H18N2O3S. The van der Waals surface area contributed by atoms with Crippen molar-refractivity contribution in [2.75, 3.05) is 31.4 Å². The van der Waals surface area contributed by atoms with Gasteiger partial charge >= 0.3 is 5.97 Å². The molecule has 1 heterocycles. The van der Waals surface area contributed by atoms with E-state index in [1.807, 2.05) is 55.4 Å². The third-order valence-corrected chi connectivity index (χ3v) is 4.94. The van der Waals surface area contributed by atoms with Gasteiger partial charge < -0.3 is 15.0 Å². The molecule has 1 amide bonds. The molecule has 0 aliphatic rings. The number of nitrogens with zero attached hydrogens (tertiary/aromatic N) is 1. The summed E-state index contributed by atoms with van der Waals surface area (Å²) in [7, 11) is 5.21. The van der Waals surface area contributed by atoms with Crippen molar-refractivity contribution in [3.8, 4) is 0 Å². The maximum atomic E-state index is 12.6. The molecule has 3 rings (SSSR count). The molecule has 1 aromatic heterocycles. The van der Waals surface area contributed by atoms with Crippen LogP contribution in [0.15, 0.2) is 48.5 Å². The first-order valence-corrected chi connectivity index (χ1v) is 8.51. The average Bonchev–Trinajstić information content (AvgIpc) is 2.98. The largest absolute Gasteiger partial charge is 0.465 e. The average molecular weight is 354 g/mol. The summed E-state index contributed by atoms with van der Waals surface area (Å²) in [5.74, 6) is -0.724. The molecule has 0 spiro atoms. The van der Waals surface area contributed by atoms with E-state index in [-0.39, 0.29) is 5.91 Å². The molecule has 25 heavy (non-hydrogen) atoms. The SMILES string of the molecule is COC(=O)c1c(NC(=O)c2ccc(N(C)C)cc2)sc2ccccc12. The maximum Gasteiger partial charge on any atom is 0.341 e. The minimum Gasteiger partial charge on any atom is -0.465 e. The lowest BCUT2D eigenvalue weighted by molar-refractivity contribution is 0.0604. The number of amides is 1. The van der Waals surface area contributed by atoms with Gasteiger partial charge in [-0.2, -0.15) is 0 Å². The van der Waals surface area contributed by atoms with Crippen LogP contribution in [0.5, 0.6) is 0 Å². The fourth-order valence-corrected chi connectivity index (χ4v) is 3.61. The highest BCUT2D eigenvalue weighted by Crippen LogP contribution is 2.36. The topological polar surface area (TPSA) is 58.6 Å². The van der Waals surface area contributed by atoms with Crippen molar-refractivity contribution < 1.29 is 14.3 Å².